The van der Waals surface area contributed by atoms with Crippen molar-refractivity contribution >= 4 is 5.78 Å². The van der Waals surface area contributed by atoms with E-state index in [1.54, 1.807) is 18.2 Å². The Morgan fingerprint density at radius 1 is 1.04 bits per heavy atom. The molecule has 5 N–H and O–H groups in total. The maximum atomic E-state index is 12.8. The summed E-state index contributed by atoms with van der Waals surface area (Å²) in [5.41, 5.74) is -7.05. The number of Topliss-reactive ketones (excluding diaryl/α,β-unsaturated/α-hetero) is 1. The third-order valence-corrected chi connectivity index (χ3v) is 5.23. The molecule has 24 heavy (non-hydrogen) atoms. The molecule has 0 aromatic heterocycles. The van der Waals surface area contributed by atoms with Crippen molar-refractivity contribution in [3.05, 3.63) is 35.9 Å². The normalized spacial score (nSPS) is 44.1. The summed E-state index contributed by atoms with van der Waals surface area (Å²) in [5.74, 6) is -3.86. The first-order valence-corrected chi connectivity index (χ1v) is 7.66. The van der Waals surface area contributed by atoms with Gasteiger partial charge in [0.15, 0.2) is 5.60 Å². The van der Waals surface area contributed by atoms with Crippen LogP contribution in [0.25, 0.3) is 0 Å². The Balaban J connectivity index is 2.62. The number of ketones is 1. The van der Waals surface area contributed by atoms with Gasteiger partial charge in [0.25, 0.3) is 5.79 Å². The van der Waals surface area contributed by atoms with Crippen molar-refractivity contribution in [2.75, 3.05) is 0 Å². The molecule has 1 aromatic carbocycles. The largest absolute Gasteiger partial charge is 0.391 e. The van der Waals surface area contributed by atoms with Crippen LogP contribution in [0.2, 0.25) is 0 Å². The maximum Gasteiger partial charge on any atom is 0.264 e. The van der Waals surface area contributed by atoms with E-state index in [1.165, 1.54) is 19.1 Å². The number of ether oxygens (including phenoxy) is 1. The molecule has 7 heteroatoms. The molecular formula is C17H24O7. The molecule has 1 aliphatic heterocycles. The number of aliphatic hydroxyl groups excluding tert-OH is 1. The monoisotopic (exact) mass is 340 g/mol. The second kappa shape index (κ2) is 5.59. The Kier molecular flexibility index (Phi) is 4.42. The third kappa shape index (κ3) is 2.32. The van der Waals surface area contributed by atoms with Crippen LogP contribution in [0.4, 0.5) is 0 Å². The van der Waals surface area contributed by atoms with Gasteiger partial charge in [-0.1, -0.05) is 30.3 Å². The third-order valence-electron chi connectivity index (χ3n) is 5.23. The smallest absolute Gasteiger partial charge is 0.264 e. The van der Waals surface area contributed by atoms with E-state index in [0.717, 1.165) is 20.8 Å². The Labute approximate surface area is 140 Å². The fourth-order valence-corrected chi connectivity index (χ4v) is 3.14. The van der Waals surface area contributed by atoms with Crippen molar-refractivity contribution in [3.8, 4) is 0 Å². The second-order valence-corrected chi connectivity index (χ2v) is 6.91. The zero-order chi connectivity index (χ0) is 18.6. The lowest BCUT2D eigenvalue weighted by Gasteiger charge is -2.60. The summed E-state index contributed by atoms with van der Waals surface area (Å²) in [6, 6.07) is 7.63. The first-order chi connectivity index (χ1) is 10.8. The number of aliphatic hydroxyl groups is 5. The lowest BCUT2D eigenvalue weighted by molar-refractivity contribution is -0.414. The van der Waals surface area contributed by atoms with Crippen LogP contribution in [0.1, 0.15) is 38.1 Å². The van der Waals surface area contributed by atoms with E-state index in [9.17, 15) is 30.3 Å². The van der Waals surface area contributed by atoms with Gasteiger partial charge in [-0.25, -0.2) is 0 Å². The highest BCUT2D eigenvalue weighted by Crippen LogP contribution is 2.49. The Hall–Kier alpha value is -1.35. The van der Waals surface area contributed by atoms with Crippen LogP contribution in [0.5, 0.6) is 0 Å². The van der Waals surface area contributed by atoms with E-state index in [1.807, 2.05) is 0 Å². The first kappa shape index (κ1) is 19.0. The molecule has 0 amide bonds. The summed E-state index contributed by atoms with van der Waals surface area (Å²) >= 11 is 0. The second-order valence-electron chi connectivity index (χ2n) is 6.91. The molecule has 0 radical (unpaired) electrons. The van der Waals surface area contributed by atoms with Crippen LogP contribution in [-0.2, 0) is 4.74 Å². The molecular weight excluding hydrogens is 316 g/mol. The summed E-state index contributed by atoms with van der Waals surface area (Å²) in [7, 11) is 0. The summed E-state index contributed by atoms with van der Waals surface area (Å²) in [6.07, 6.45) is -2.86. The highest BCUT2D eigenvalue weighted by molar-refractivity contribution is 6.02. The van der Waals surface area contributed by atoms with E-state index in [4.69, 9.17) is 4.74 Å². The summed E-state index contributed by atoms with van der Waals surface area (Å²) in [4.78, 5) is 12.8. The number of benzene rings is 1. The maximum absolute atomic E-state index is 12.8. The molecule has 7 nitrogen and oxygen atoms in total. The highest BCUT2D eigenvalue weighted by Gasteiger charge is 2.74. The molecule has 2 rings (SSSR count). The summed E-state index contributed by atoms with van der Waals surface area (Å²) in [5, 5.41) is 53.0. The first-order valence-electron chi connectivity index (χ1n) is 7.66. The molecule has 0 aliphatic carbocycles. The molecule has 0 bridgehead atoms. The predicted octanol–water partition coefficient (Wildman–Crippen LogP) is -0.409. The van der Waals surface area contributed by atoms with Gasteiger partial charge in [0.2, 0.25) is 5.78 Å². The zero-order valence-electron chi connectivity index (χ0n) is 14.1. The number of rotatable bonds is 3. The Bertz CT molecular complexity index is 621. The van der Waals surface area contributed by atoms with Crippen LogP contribution in [0.3, 0.4) is 0 Å². The van der Waals surface area contributed by atoms with Crippen molar-refractivity contribution in [1.82, 2.24) is 0 Å². The standard InChI is InChI=1S/C17H24O7/c1-10(18)13-14(2,20)15(3,21)16(4,22)17(23,24-13)12(19)11-8-6-5-7-9-11/h5-10,13,18,20-23H,1-4H3/t10?,13-,14+,15+,16-,17+/m0/s1. The fraction of sp³-hybridized carbons (Fsp3) is 0.588. The van der Waals surface area contributed by atoms with Crippen molar-refractivity contribution in [2.45, 2.75) is 62.5 Å². The average Bonchev–Trinajstić information content (AvgIpc) is 2.50. The fourth-order valence-electron chi connectivity index (χ4n) is 3.14. The van der Waals surface area contributed by atoms with Gasteiger partial charge in [-0.3, -0.25) is 4.79 Å². The van der Waals surface area contributed by atoms with E-state index < -0.39 is 40.6 Å². The zero-order valence-corrected chi connectivity index (χ0v) is 14.1. The number of hydrogen-bond donors (Lipinski definition) is 5. The number of hydrogen-bond acceptors (Lipinski definition) is 7. The molecule has 6 atom stereocenters. The number of carbonyl (C=O) groups is 1. The average molecular weight is 340 g/mol. The van der Waals surface area contributed by atoms with Crippen molar-refractivity contribution in [1.29, 1.82) is 0 Å². The topological polar surface area (TPSA) is 127 Å². The number of carbonyl (C=O) groups excluding carboxylic acids is 1. The summed E-state index contributed by atoms with van der Waals surface area (Å²) < 4.78 is 5.31. The van der Waals surface area contributed by atoms with Crippen LogP contribution in [0, 0.1) is 0 Å². The van der Waals surface area contributed by atoms with Gasteiger partial charge in [0, 0.05) is 5.56 Å². The predicted molar refractivity (Wildman–Crippen MR) is 84.1 cm³/mol. The van der Waals surface area contributed by atoms with Crippen molar-refractivity contribution in [2.24, 2.45) is 0 Å². The molecule has 1 unspecified atom stereocenters. The molecule has 1 aromatic rings. The van der Waals surface area contributed by atoms with Gasteiger partial charge >= 0.3 is 0 Å². The molecule has 134 valence electrons. The minimum Gasteiger partial charge on any atom is -0.391 e. The lowest BCUT2D eigenvalue weighted by atomic mass is 9.63. The van der Waals surface area contributed by atoms with Crippen molar-refractivity contribution < 1.29 is 35.1 Å². The van der Waals surface area contributed by atoms with Crippen molar-refractivity contribution in [3.63, 3.8) is 0 Å². The Morgan fingerprint density at radius 3 is 2.00 bits per heavy atom. The minimum absolute atomic E-state index is 0.0435. The summed E-state index contributed by atoms with van der Waals surface area (Å²) in [6.45, 7) is 4.52. The van der Waals surface area contributed by atoms with Gasteiger partial charge in [-0.2, -0.15) is 0 Å². The van der Waals surface area contributed by atoms with Crippen LogP contribution >= 0.6 is 0 Å². The molecule has 1 fully saturated rings. The van der Waals surface area contributed by atoms with E-state index in [2.05, 4.69) is 0 Å². The molecule has 1 saturated heterocycles. The van der Waals surface area contributed by atoms with Gasteiger partial charge in [-0.15, -0.1) is 0 Å². The van der Waals surface area contributed by atoms with Crippen LogP contribution < -0.4 is 0 Å². The molecule has 0 spiro atoms. The Morgan fingerprint density at radius 2 is 1.54 bits per heavy atom. The minimum atomic E-state index is -2.87. The molecule has 0 saturated carbocycles. The van der Waals surface area contributed by atoms with Gasteiger partial charge in [0.05, 0.1) is 6.10 Å². The van der Waals surface area contributed by atoms with E-state index in [0.29, 0.717) is 0 Å². The van der Waals surface area contributed by atoms with Crippen LogP contribution in [-0.4, -0.2) is 66.1 Å². The molecule has 1 heterocycles. The lowest BCUT2D eigenvalue weighted by Crippen LogP contribution is -2.83. The molecule has 1 aliphatic rings. The highest BCUT2D eigenvalue weighted by atomic mass is 16.7. The van der Waals surface area contributed by atoms with Gasteiger partial charge < -0.3 is 30.3 Å². The van der Waals surface area contributed by atoms with E-state index >= 15 is 0 Å². The SMILES string of the molecule is CC(O)[C@@H]1O[C@](O)(C(=O)c2ccccc2)[C@@](C)(O)[C@](C)(O)[C@]1(C)O. The quantitative estimate of drug-likeness (QED) is 0.473. The van der Waals surface area contributed by atoms with Gasteiger partial charge in [-0.05, 0) is 27.7 Å². The van der Waals surface area contributed by atoms with E-state index in [-0.39, 0.29) is 5.56 Å². The van der Waals surface area contributed by atoms with Gasteiger partial charge in [0.1, 0.15) is 17.3 Å². The van der Waals surface area contributed by atoms with Crippen LogP contribution in [0.15, 0.2) is 30.3 Å².